The van der Waals surface area contributed by atoms with Crippen molar-refractivity contribution in [1.82, 2.24) is 15.6 Å². The van der Waals surface area contributed by atoms with Crippen molar-refractivity contribution in [3.63, 3.8) is 0 Å². The van der Waals surface area contributed by atoms with E-state index in [1.54, 1.807) is 5.01 Å². The molecule has 39 heavy (non-hydrogen) atoms. The summed E-state index contributed by atoms with van der Waals surface area (Å²) in [5, 5.41) is 13.2. The Labute approximate surface area is 236 Å². The van der Waals surface area contributed by atoms with E-state index in [0.717, 1.165) is 65.0 Å². The molecule has 0 spiro atoms. The monoisotopic (exact) mass is 589 g/mol. The van der Waals surface area contributed by atoms with Crippen LogP contribution in [0.25, 0.3) is 0 Å². The molecule has 0 aromatic heterocycles. The Bertz CT molecular complexity index is 1350. The van der Waals surface area contributed by atoms with E-state index in [2.05, 4.69) is 44.0 Å². The van der Waals surface area contributed by atoms with E-state index in [0.29, 0.717) is 19.1 Å². The molecule has 6 rings (SSSR count). The van der Waals surface area contributed by atoms with Crippen LogP contribution in [-0.2, 0) is 16.1 Å². The van der Waals surface area contributed by atoms with Gasteiger partial charge in [-0.1, -0.05) is 48.5 Å². The molecular formula is C30H32BrN5O3. The summed E-state index contributed by atoms with van der Waals surface area (Å²) in [4.78, 5) is 27.1. The molecule has 3 aliphatic heterocycles. The molecule has 0 radical (unpaired) electrons. The number of hydrazine groups is 1. The number of hydrogen-bond acceptors (Lipinski definition) is 5. The number of hydrogen-bond donors (Lipinski definition) is 3. The summed E-state index contributed by atoms with van der Waals surface area (Å²) in [6.07, 6.45) is 2.94. The third kappa shape index (κ3) is 5.46. The highest BCUT2D eigenvalue weighted by Gasteiger charge is 2.35. The highest BCUT2D eigenvalue weighted by atomic mass is 79.9. The fourth-order valence-corrected chi connectivity index (χ4v) is 6.17. The van der Waals surface area contributed by atoms with E-state index < -0.39 is 12.1 Å². The van der Waals surface area contributed by atoms with Crippen molar-refractivity contribution < 1.29 is 14.3 Å². The lowest BCUT2D eigenvalue weighted by Gasteiger charge is -2.37. The van der Waals surface area contributed by atoms with Gasteiger partial charge in [0.2, 0.25) is 0 Å². The number of fused-ring (bicyclic) bond motifs is 4. The SMILES string of the molecule is O=C(NCc1ccc2c(c1)C1CC(CCO1)N2)NC(C(=O)N1CCCN1c1ccccc1Br)c1ccccc1. The second-order valence-corrected chi connectivity index (χ2v) is 11.1. The van der Waals surface area contributed by atoms with Gasteiger partial charge in [-0.2, -0.15) is 0 Å². The second kappa shape index (κ2) is 11.3. The van der Waals surface area contributed by atoms with Gasteiger partial charge in [-0.05, 0) is 70.6 Å². The zero-order valence-corrected chi connectivity index (χ0v) is 23.2. The highest BCUT2D eigenvalue weighted by Crippen LogP contribution is 2.39. The number of para-hydroxylation sites is 1. The van der Waals surface area contributed by atoms with Gasteiger partial charge in [0.15, 0.2) is 0 Å². The van der Waals surface area contributed by atoms with Gasteiger partial charge >= 0.3 is 6.03 Å². The van der Waals surface area contributed by atoms with E-state index in [4.69, 9.17) is 4.74 Å². The van der Waals surface area contributed by atoms with Crippen molar-refractivity contribution >= 4 is 39.2 Å². The second-order valence-electron chi connectivity index (χ2n) is 10.2. The van der Waals surface area contributed by atoms with Gasteiger partial charge in [-0.15, -0.1) is 0 Å². The van der Waals surface area contributed by atoms with E-state index in [9.17, 15) is 9.59 Å². The van der Waals surface area contributed by atoms with Crippen molar-refractivity contribution in [3.8, 4) is 0 Å². The molecule has 3 atom stereocenters. The number of rotatable bonds is 6. The van der Waals surface area contributed by atoms with Gasteiger partial charge in [0.25, 0.3) is 5.91 Å². The van der Waals surface area contributed by atoms with Gasteiger partial charge in [-0.3, -0.25) is 14.8 Å². The molecule has 3 unspecified atom stereocenters. The highest BCUT2D eigenvalue weighted by molar-refractivity contribution is 9.10. The molecule has 2 saturated heterocycles. The molecule has 3 aromatic rings. The summed E-state index contributed by atoms with van der Waals surface area (Å²) >= 11 is 3.61. The number of carbonyl (C=O) groups excluding carboxylic acids is 2. The fraction of sp³-hybridized carbons (Fsp3) is 0.333. The van der Waals surface area contributed by atoms with Gasteiger partial charge in [0, 0.05) is 48.0 Å². The van der Waals surface area contributed by atoms with Gasteiger partial charge in [0.1, 0.15) is 6.04 Å². The number of nitrogens with one attached hydrogen (secondary N) is 3. The Morgan fingerprint density at radius 1 is 1.05 bits per heavy atom. The minimum Gasteiger partial charge on any atom is -0.382 e. The van der Waals surface area contributed by atoms with Crippen LogP contribution in [0.5, 0.6) is 0 Å². The van der Waals surface area contributed by atoms with Gasteiger partial charge in [0.05, 0.1) is 11.8 Å². The molecular weight excluding hydrogens is 558 g/mol. The lowest BCUT2D eigenvalue weighted by Crippen LogP contribution is -2.49. The summed E-state index contributed by atoms with van der Waals surface area (Å²) in [5.41, 5.74) is 4.90. The fourth-order valence-electron chi connectivity index (χ4n) is 5.68. The van der Waals surface area contributed by atoms with Crippen LogP contribution in [0.4, 0.5) is 16.2 Å². The number of urea groups is 1. The first-order valence-electron chi connectivity index (χ1n) is 13.5. The average molecular weight is 591 g/mol. The predicted molar refractivity (Wildman–Crippen MR) is 154 cm³/mol. The maximum atomic E-state index is 13.9. The van der Waals surface area contributed by atoms with Crippen LogP contribution in [0.15, 0.2) is 77.3 Å². The Morgan fingerprint density at radius 2 is 1.87 bits per heavy atom. The number of halogens is 1. The smallest absolute Gasteiger partial charge is 0.315 e. The van der Waals surface area contributed by atoms with Crippen LogP contribution in [-0.4, -0.2) is 42.7 Å². The first-order chi connectivity index (χ1) is 19.1. The van der Waals surface area contributed by atoms with E-state index in [-0.39, 0.29) is 12.0 Å². The molecule has 3 heterocycles. The lowest BCUT2D eigenvalue weighted by atomic mass is 9.90. The van der Waals surface area contributed by atoms with E-state index in [1.807, 2.05) is 65.7 Å². The first kappa shape index (κ1) is 25.7. The maximum Gasteiger partial charge on any atom is 0.315 e. The van der Waals surface area contributed by atoms with Gasteiger partial charge < -0.3 is 20.7 Å². The van der Waals surface area contributed by atoms with Crippen LogP contribution in [0.3, 0.4) is 0 Å². The lowest BCUT2D eigenvalue weighted by molar-refractivity contribution is -0.132. The minimum absolute atomic E-state index is 0.0990. The summed E-state index contributed by atoms with van der Waals surface area (Å²) < 4.78 is 6.91. The Kier molecular flexibility index (Phi) is 7.43. The van der Waals surface area contributed by atoms with E-state index in [1.165, 1.54) is 0 Å². The summed E-state index contributed by atoms with van der Waals surface area (Å²) in [6, 6.07) is 22.7. The van der Waals surface area contributed by atoms with Crippen LogP contribution in [0.1, 0.15) is 48.1 Å². The van der Waals surface area contributed by atoms with Crippen LogP contribution < -0.4 is 21.0 Å². The van der Waals surface area contributed by atoms with Crippen molar-refractivity contribution in [3.05, 3.63) is 94.0 Å². The molecule has 3 amide bonds. The number of carbonyl (C=O) groups is 2. The number of anilines is 2. The number of nitrogens with zero attached hydrogens (tertiary/aromatic N) is 2. The van der Waals surface area contributed by atoms with Gasteiger partial charge in [-0.25, -0.2) is 4.79 Å². The summed E-state index contributed by atoms with van der Waals surface area (Å²) in [5.74, 6) is -0.173. The van der Waals surface area contributed by atoms with Crippen molar-refractivity contribution in [2.75, 3.05) is 30.0 Å². The summed E-state index contributed by atoms with van der Waals surface area (Å²) in [7, 11) is 0. The zero-order valence-electron chi connectivity index (χ0n) is 21.6. The predicted octanol–water partition coefficient (Wildman–Crippen LogP) is 5.29. The molecule has 0 aliphatic carbocycles. The van der Waals surface area contributed by atoms with Crippen molar-refractivity contribution in [2.45, 2.75) is 44.0 Å². The van der Waals surface area contributed by atoms with Crippen molar-refractivity contribution in [1.29, 1.82) is 0 Å². The molecule has 3 aromatic carbocycles. The number of amides is 3. The van der Waals surface area contributed by atoms with Crippen molar-refractivity contribution in [2.24, 2.45) is 0 Å². The van der Waals surface area contributed by atoms with Crippen LogP contribution in [0, 0.1) is 0 Å². The maximum absolute atomic E-state index is 13.9. The first-order valence-corrected chi connectivity index (χ1v) is 14.3. The topological polar surface area (TPSA) is 85.9 Å². The largest absolute Gasteiger partial charge is 0.382 e. The molecule has 8 nitrogen and oxygen atoms in total. The molecule has 2 bridgehead atoms. The standard InChI is InChI=1S/C30H32BrN5O3/c31-24-9-4-5-10-26(24)35-14-6-15-36(35)29(37)28(21-7-2-1-3-8-21)34-30(38)32-19-20-11-12-25-23(17-20)27-18-22(33-25)13-16-39-27/h1-5,7-12,17,22,27-28,33H,6,13-16,18-19H2,(H2,32,34,38). The molecule has 202 valence electrons. The Morgan fingerprint density at radius 3 is 2.72 bits per heavy atom. The summed E-state index contributed by atoms with van der Waals surface area (Å²) in [6.45, 7) is 2.41. The van der Waals surface area contributed by atoms with Crippen LogP contribution in [0.2, 0.25) is 0 Å². The van der Waals surface area contributed by atoms with Crippen LogP contribution >= 0.6 is 15.9 Å². The quantitative estimate of drug-likeness (QED) is 0.364. The van der Waals surface area contributed by atoms with E-state index >= 15 is 0 Å². The molecule has 0 saturated carbocycles. The molecule has 9 heteroatoms. The minimum atomic E-state index is -0.824. The molecule has 3 N–H and O–H groups in total. The molecule has 2 fully saturated rings. The number of ether oxygens (including phenoxy) is 1. The normalized spacial score (nSPS) is 20.5. The Hall–Kier alpha value is -3.56. The third-order valence-electron chi connectivity index (χ3n) is 7.63. The zero-order chi connectivity index (χ0) is 26.8. The average Bonchev–Trinajstić information content (AvgIpc) is 3.45. The molecule has 3 aliphatic rings. The Balaban J connectivity index is 1.16. The number of benzene rings is 3. The third-order valence-corrected chi connectivity index (χ3v) is 8.30.